The molecule has 5 N–H and O–H groups in total. The van der Waals surface area contributed by atoms with Gasteiger partial charge in [-0.15, -0.1) is 0 Å². The SMILES string of the molecule is Nc1n[nH]c2c(N)cc(C(F)(F)F)cc12. The van der Waals surface area contributed by atoms with E-state index in [0.717, 1.165) is 12.1 Å². The third kappa shape index (κ3) is 1.45. The Morgan fingerprint density at radius 1 is 1.20 bits per heavy atom. The quantitative estimate of drug-likeness (QED) is 0.587. The number of fused-ring (bicyclic) bond motifs is 1. The van der Waals surface area contributed by atoms with Crippen molar-refractivity contribution >= 4 is 22.4 Å². The van der Waals surface area contributed by atoms with E-state index in [1.54, 1.807) is 0 Å². The van der Waals surface area contributed by atoms with Crippen LogP contribution in [0.5, 0.6) is 0 Å². The summed E-state index contributed by atoms with van der Waals surface area (Å²) in [5.41, 5.74) is 10.3. The first kappa shape index (κ1) is 9.63. The third-order valence-electron chi connectivity index (χ3n) is 2.06. The molecule has 4 nitrogen and oxygen atoms in total. The van der Waals surface area contributed by atoms with Gasteiger partial charge < -0.3 is 11.5 Å². The molecular formula is C8H7F3N4. The Morgan fingerprint density at radius 2 is 1.87 bits per heavy atom. The zero-order chi connectivity index (χ0) is 11.2. The lowest BCUT2D eigenvalue weighted by atomic mass is 10.1. The molecule has 0 aliphatic heterocycles. The number of benzene rings is 1. The number of nitrogens with one attached hydrogen (secondary N) is 1. The Labute approximate surface area is 82.1 Å². The van der Waals surface area contributed by atoms with E-state index in [1.807, 2.05) is 0 Å². The Hall–Kier alpha value is -1.92. The topological polar surface area (TPSA) is 80.7 Å². The molecule has 0 amide bonds. The first-order valence-corrected chi connectivity index (χ1v) is 4.00. The number of hydrogen-bond acceptors (Lipinski definition) is 3. The second-order valence-corrected chi connectivity index (χ2v) is 3.09. The number of H-pyrrole nitrogens is 1. The zero-order valence-electron chi connectivity index (χ0n) is 7.39. The monoisotopic (exact) mass is 216 g/mol. The Bertz CT molecular complexity index is 514. The van der Waals surface area contributed by atoms with Crippen LogP contribution in [-0.2, 0) is 6.18 Å². The van der Waals surface area contributed by atoms with Crippen molar-refractivity contribution in [3.05, 3.63) is 17.7 Å². The molecule has 1 aromatic carbocycles. The summed E-state index contributed by atoms with van der Waals surface area (Å²) in [4.78, 5) is 0. The van der Waals surface area contributed by atoms with E-state index in [9.17, 15) is 13.2 Å². The third-order valence-corrected chi connectivity index (χ3v) is 2.06. The maximum atomic E-state index is 12.4. The van der Waals surface area contributed by atoms with Crippen LogP contribution in [-0.4, -0.2) is 10.2 Å². The van der Waals surface area contributed by atoms with Gasteiger partial charge in [0.2, 0.25) is 0 Å². The van der Waals surface area contributed by atoms with Gasteiger partial charge in [-0.3, -0.25) is 5.10 Å². The van der Waals surface area contributed by atoms with E-state index in [1.165, 1.54) is 0 Å². The summed E-state index contributed by atoms with van der Waals surface area (Å²) in [6.07, 6.45) is -4.44. The van der Waals surface area contributed by atoms with E-state index in [0.29, 0.717) is 5.52 Å². The van der Waals surface area contributed by atoms with Gasteiger partial charge in [-0.25, -0.2) is 0 Å². The van der Waals surface area contributed by atoms with E-state index in [2.05, 4.69) is 10.2 Å². The molecule has 80 valence electrons. The van der Waals surface area contributed by atoms with Crippen LogP contribution in [0.4, 0.5) is 24.7 Å². The molecule has 0 aliphatic carbocycles. The molecule has 1 aromatic heterocycles. The van der Waals surface area contributed by atoms with Crippen LogP contribution in [0.25, 0.3) is 10.9 Å². The highest BCUT2D eigenvalue weighted by atomic mass is 19.4. The number of hydrogen-bond donors (Lipinski definition) is 3. The fraction of sp³-hybridized carbons (Fsp3) is 0.125. The summed E-state index contributed by atoms with van der Waals surface area (Å²) in [7, 11) is 0. The molecule has 0 bridgehead atoms. The number of aromatic nitrogens is 2. The minimum atomic E-state index is -4.44. The largest absolute Gasteiger partial charge is 0.416 e. The highest BCUT2D eigenvalue weighted by Gasteiger charge is 2.31. The van der Waals surface area contributed by atoms with Gasteiger partial charge in [-0.05, 0) is 12.1 Å². The van der Waals surface area contributed by atoms with Crippen molar-refractivity contribution in [3.63, 3.8) is 0 Å². The molecule has 2 aromatic rings. The lowest BCUT2D eigenvalue weighted by molar-refractivity contribution is -0.137. The zero-order valence-corrected chi connectivity index (χ0v) is 7.39. The molecule has 0 saturated carbocycles. The number of nitrogen functional groups attached to an aromatic ring is 2. The van der Waals surface area contributed by atoms with Gasteiger partial charge in [0.25, 0.3) is 0 Å². The van der Waals surface area contributed by atoms with E-state index in [4.69, 9.17) is 11.5 Å². The van der Waals surface area contributed by atoms with Gasteiger partial charge >= 0.3 is 6.18 Å². The van der Waals surface area contributed by atoms with E-state index < -0.39 is 11.7 Å². The lowest BCUT2D eigenvalue weighted by Crippen LogP contribution is -2.05. The van der Waals surface area contributed by atoms with Gasteiger partial charge in [0.05, 0.1) is 16.8 Å². The van der Waals surface area contributed by atoms with Crippen LogP contribution in [0.15, 0.2) is 12.1 Å². The van der Waals surface area contributed by atoms with Crippen LogP contribution in [0.1, 0.15) is 5.56 Å². The Balaban J connectivity index is 2.76. The molecule has 0 atom stereocenters. The van der Waals surface area contributed by atoms with Gasteiger partial charge in [-0.2, -0.15) is 18.3 Å². The molecule has 1 heterocycles. The van der Waals surface area contributed by atoms with Crippen LogP contribution in [0.2, 0.25) is 0 Å². The van der Waals surface area contributed by atoms with Crippen molar-refractivity contribution in [3.8, 4) is 0 Å². The van der Waals surface area contributed by atoms with Gasteiger partial charge in [0, 0.05) is 5.39 Å². The summed E-state index contributed by atoms with van der Waals surface area (Å²) in [5.74, 6) is 0.00259. The van der Waals surface area contributed by atoms with Crippen molar-refractivity contribution in [2.45, 2.75) is 6.18 Å². The van der Waals surface area contributed by atoms with Crippen LogP contribution in [0, 0.1) is 0 Å². The van der Waals surface area contributed by atoms with Crippen molar-refractivity contribution < 1.29 is 13.2 Å². The number of aromatic amines is 1. The second-order valence-electron chi connectivity index (χ2n) is 3.09. The molecule has 0 spiro atoms. The molecule has 15 heavy (non-hydrogen) atoms. The predicted octanol–water partition coefficient (Wildman–Crippen LogP) is 1.75. The highest BCUT2D eigenvalue weighted by molar-refractivity contribution is 5.96. The minimum absolute atomic E-state index is 0.00259. The van der Waals surface area contributed by atoms with Crippen LogP contribution in [0.3, 0.4) is 0 Å². The lowest BCUT2D eigenvalue weighted by Gasteiger charge is -2.07. The van der Waals surface area contributed by atoms with Crippen molar-refractivity contribution in [1.82, 2.24) is 10.2 Å². The minimum Gasteiger partial charge on any atom is -0.397 e. The van der Waals surface area contributed by atoms with Crippen LogP contribution >= 0.6 is 0 Å². The standard InChI is InChI=1S/C8H7F3N4/c9-8(10,11)3-1-4-6(5(12)2-3)14-15-7(4)13/h1-2H,12H2,(H3,13,14,15). The second kappa shape index (κ2) is 2.78. The van der Waals surface area contributed by atoms with Gasteiger partial charge in [-0.1, -0.05) is 0 Å². The van der Waals surface area contributed by atoms with E-state index >= 15 is 0 Å². The molecule has 7 heteroatoms. The van der Waals surface area contributed by atoms with Gasteiger partial charge in [0.1, 0.15) is 0 Å². The molecule has 0 unspecified atom stereocenters. The summed E-state index contributed by atoms with van der Waals surface area (Å²) < 4.78 is 37.2. The molecule has 0 radical (unpaired) electrons. The van der Waals surface area contributed by atoms with Crippen molar-refractivity contribution in [2.24, 2.45) is 0 Å². The number of halogens is 3. The fourth-order valence-electron chi connectivity index (χ4n) is 1.33. The Kier molecular flexibility index (Phi) is 1.79. The summed E-state index contributed by atoms with van der Waals surface area (Å²) in [5, 5.41) is 6.24. The Morgan fingerprint density at radius 3 is 2.47 bits per heavy atom. The summed E-state index contributed by atoms with van der Waals surface area (Å²) in [6.45, 7) is 0. The summed E-state index contributed by atoms with van der Waals surface area (Å²) >= 11 is 0. The smallest absolute Gasteiger partial charge is 0.397 e. The molecule has 0 saturated heterocycles. The van der Waals surface area contributed by atoms with E-state index in [-0.39, 0.29) is 16.9 Å². The number of nitrogens with zero attached hydrogens (tertiary/aromatic N) is 1. The maximum absolute atomic E-state index is 12.4. The number of alkyl halides is 3. The average Bonchev–Trinajstić information content (AvgIpc) is 2.47. The predicted molar refractivity (Wildman–Crippen MR) is 49.9 cm³/mol. The molecular weight excluding hydrogens is 209 g/mol. The normalized spacial score (nSPS) is 12.2. The first-order chi connectivity index (χ1) is 6.89. The molecule has 0 fully saturated rings. The number of nitrogens with two attached hydrogens (primary N) is 2. The first-order valence-electron chi connectivity index (χ1n) is 4.00. The number of rotatable bonds is 0. The van der Waals surface area contributed by atoms with Crippen molar-refractivity contribution in [2.75, 3.05) is 11.5 Å². The fourth-order valence-corrected chi connectivity index (χ4v) is 1.33. The van der Waals surface area contributed by atoms with Crippen molar-refractivity contribution in [1.29, 1.82) is 0 Å². The number of anilines is 2. The molecule has 0 aliphatic rings. The van der Waals surface area contributed by atoms with Crippen LogP contribution < -0.4 is 11.5 Å². The maximum Gasteiger partial charge on any atom is 0.416 e. The highest BCUT2D eigenvalue weighted by Crippen LogP contribution is 2.34. The summed E-state index contributed by atoms with van der Waals surface area (Å²) in [6, 6.07) is 1.77. The molecule has 2 rings (SSSR count). The average molecular weight is 216 g/mol. The van der Waals surface area contributed by atoms with Gasteiger partial charge in [0.15, 0.2) is 5.82 Å².